The summed E-state index contributed by atoms with van der Waals surface area (Å²) in [5, 5.41) is 5.82. The molecule has 5 heteroatoms. The molecule has 2 aromatic carbocycles. The average molecular weight is 352 g/mol. The maximum atomic E-state index is 12.3. The molecular formula is C21H24N2O3. The highest BCUT2D eigenvalue weighted by Gasteiger charge is 2.47. The van der Waals surface area contributed by atoms with Crippen molar-refractivity contribution in [3.05, 3.63) is 59.7 Å². The van der Waals surface area contributed by atoms with Crippen LogP contribution in [0.15, 0.2) is 48.5 Å². The predicted molar refractivity (Wildman–Crippen MR) is 101 cm³/mol. The van der Waals surface area contributed by atoms with Crippen molar-refractivity contribution in [1.29, 1.82) is 0 Å². The van der Waals surface area contributed by atoms with E-state index < -0.39 is 0 Å². The van der Waals surface area contributed by atoms with Crippen LogP contribution >= 0.6 is 0 Å². The third-order valence-electron chi connectivity index (χ3n) is 4.64. The van der Waals surface area contributed by atoms with Gasteiger partial charge in [0.2, 0.25) is 11.8 Å². The summed E-state index contributed by atoms with van der Waals surface area (Å²) in [6.45, 7) is 2.51. The quantitative estimate of drug-likeness (QED) is 0.805. The molecule has 0 aliphatic heterocycles. The first kappa shape index (κ1) is 18.0. The van der Waals surface area contributed by atoms with Crippen LogP contribution in [0.5, 0.6) is 5.75 Å². The van der Waals surface area contributed by atoms with Crippen molar-refractivity contribution in [3.8, 4) is 5.75 Å². The third-order valence-corrected chi connectivity index (χ3v) is 4.64. The molecule has 0 spiro atoms. The zero-order valence-electron chi connectivity index (χ0n) is 15.1. The maximum Gasteiger partial charge on any atom is 0.228 e. The fraction of sp³-hybridized carbons (Fsp3) is 0.333. The fourth-order valence-corrected chi connectivity index (χ4v) is 3.09. The number of benzene rings is 2. The second kappa shape index (κ2) is 8.04. The van der Waals surface area contributed by atoms with E-state index >= 15 is 0 Å². The molecule has 2 amide bonds. The Kier molecular flexibility index (Phi) is 5.56. The molecule has 1 aliphatic rings. The Balaban J connectivity index is 1.44. The van der Waals surface area contributed by atoms with Gasteiger partial charge in [0, 0.05) is 12.2 Å². The minimum absolute atomic E-state index is 0.0516. The van der Waals surface area contributed by atoms with Crippen LogP contribution in [0.25, 0.3) is 0 Å². The molecule has 26 heavy (non-hydrogen) atoms. The van der Waals surface area contributed by atoms with Gasteiger partial charge in [0.25, 0.3) is 0 Å². The Labute approximate surface area is 153 Å². The van der Waals surface area contributed by atoms with Crippen LogP contribution < -0.4 is 15.4 Å². The van der Waals surface area contributed by atoms with E-state index in [1.54, 1.807) is 7.11 Å². The number of hydrogen-bond donors (Lipinski definition) is 2. The number of ether oxygens (including phenoxy) is 1. The van der Waals surface area contributed by atoms with Gasteiger partial charge < -0.3 is 15.4 Å². The SMILES string of the molecule is COc1ccccc1CCNC(=O)C1CC1C(=O)Nc1cccc(C)c1. The molecule has 0 radical (unpaired) electrons. The van der Waals surface area contributed by atoms with E-state index in [1.165, 1.54) is 0 Å². The number of nitrogens with one attached hydrogen (secondary N) is 2. The van der Waals surface area contributed by atoms with Gasteiger partial charge in [-0.05, 0) is 49.1 Å². The summed E-state index contributed by atoms with van der Waals surface area (Å²) in [4.78, 5) is 24.5. The van der Waals surface area contributed by atoms with Crippen LogP contribution in [-0.4, -0.2) is 25.5 Å². The number of para-hydroxylation sites is 1. The first-order chi connectivity index (χ1) is 12.6. The van der Waals surface area contributed by atoms with Gasteiger partial charge in [-0.1, -0.05) is 30.3 Å². The molecule has 0 bridgehead atoms. The average Bonchev–Trinajstić information content (AvgIpc) is 3.43. The van der Waals surface area contributed by atoms with Gasteiger partial charge in [-0.25, -0.2) is 0 Å². The van der Waals surface area contributed by atoms with Crippen LogP contribution in [0.4, 0.5) is 5.69 Å². The third kappa shape index (κ3) is 4.42. The van der Waals surface area contributed by atoms with Crippen LogP contribution in [0.2, 0.25) is 0 Å². The van der Waals surface area contributed by atoms with E-state index in [0.717, 1.165) is 22.6 Å². The van der Waals surface area contributed by atoms with Gasteiger partial charge in [0.1, 0.15) is 5.75 Å². The fourth-order valence-electron chi connectivity index (χ4n) is 3.09. The van der Waals surface area contributed by atoms with Crippen LogP contribution in [0.1, 0.15) is 17.5 Å². The highest BCUT2D eigenvalue weighted by molar-refractivity contribution is 5.99. The summed E-state index contributed by atoms with van der Waals surface area (Å²) in [6, 6.07) is 15.4. The number of carbonyl (C=O) groups excluding carboxylic acids is 2. The van der Waals surface area contributed by atoms with Crippen molar-refractivity contribution >= 4 is 17.5 Å². The van der Waals surface area contributed by atoms with Crippen molar-refractivity contribution in [2.45, 2.75) is 19.8 Å². The molecule has 3 rings (SSSR count). The van der Waals surface area contributed by atoms with Gasteiger partial charge in [0.15, 0.2) is 0 Å². The summed E-state index contributed by atoms with van der Waals surface area (Å²) in [5.74, 6) is 0.229. The first-order valence-corrected chi connectivity index (χ1v) is 8.85. The number of carbonyl (C=O) groups is 2. The highest BCUT2D eigenvalue weighted by Crippen LogP contribution is 2.39. The summed E-state index contributed by atoms with van der Waals surface area (Å²) in [5.41, 5.74) is 2.92. The highest BCUT2D eigenvalue weighted by atomic mass is 16.5. The topological polar surface area (TPSA) is 67.4 Å². The summed E-state index contributed by atoms with van der Waals surface area (Å²) >= 11 is 0. The van der Waals surface area contributed by atoms with Crippen LogP contribution in [-0.2, 0) is 16.0 Å². The molecule has 0 aromatic heterocycles. The zero-order chi connectivity index (χ0) is 18.5. The number of hydrogen-bond acceptors (Lipinski definition) is 3. The van der Waals surface area contributed by atoms with Crippen LogP contribution in [0.3, 0.4) is 0 Å². The molecule has 1 fully saturated rings. The maximum absolute atomic E-state index is 12.3. The standard InChI is InChI=1S/C21H24N2O3/c1-14-6-5-8-16(12-14)23-21(25)18-13-17(18)20(24)22-11-10-15-7-3-4-9-19(15)26-2/h3-9,12,17-18H,10-11,13H2,1-2H3,(H,22,24)(H,23,25). The van der Waals surface area contributed by atoms with E-state index in [1.807, 2.05) is 55.5 Å². The molecular weight excluding hydrogens is 328 g/mol. The minimum Gasteiger partial charge on any atom is -0.496 e. The molecule has 2 atom stereocenters. The Morgan fingerprint density at radius 1 is 1.08 bits per heavy atom. The molecule has 0 heterocycles. The molecule has 1 saturated carbocycles. The van der Waals surface area contributed by atoms with Gasteiger partial charge in [-0.3, -0.25) is 9.59 Å². The van der Waals surface area contributed by atoms with E-state index in [0.29, 0.717) is 19.4 Å². The second-order valence-corrected chi connectivity index (χ2v) is 6.66. The largest absolute Gasteiger partial charge is 0.496 e. The van der Waals surface area contributed by atoms with Crippen molar-refractivity contribution in [3.63, 3.8) is 0 Å². The molecule has 5 nitrogen and oxygen atoms in total. The first-order valence-electron chi connectivity index (χ1n) is 8.85. The normalized spacial score (nSPS) is 18.1. The summed E-state index contributed by atoms with van der Waals surface area (Å²) in [6.07, 6.45) is 1.31. The lowest BCUT2D eigenvalue weighted by molar-refractivity contribution is -0.125. The molecule has 2 unspecified atom stereocenters. The monoisotopic (exact) mass is 352 g/mol. The Bertz CT molecular complexity index is 803. The minimum atomic E-state index is -0.234. The van der Waals surface area contributed by atoms with E-state index in [9.17, 15) is 9.59 Å². The summed E-state index contributed by atoms with van der Waals surface area (Å²) < 4.78 is 5.31. The van der Waals surface area contributed by atoms with Crippen molar-refractivity contribution < 1.29 is 14.3 Å². The number of rotatable bonds is 7. The predicted octanol–water partition coefficient (Wildman–Crippen LogP) is 2.94. The van der Waals surface area contributed by atoms with Gasteiger partial charge in [-0.2, -0.15) is 0 Å². The molecule has 0 saturated heterocycles. The Morgan fingerprint density at radius 2 is 1.85 bits per heavy atom. The van der Waals surface area contributed by atoms with E-state index in [-0.39, 0.29) is 23.7 Å². The molecule has 1 aliphatic carbocycles. The van der Waals surface area contributed by atoms with Crippen molar-refractivity contribution in [2.24, 2.45) is 11.8 Å². The number of methoxy groups -OCH3 is 1. The number of anilines is 1. The number of aryl methyl sites for hydroxylation is 1. The van der Waals surface area contributed by atoms with Crippen molar-refractivity contribution in [2.75, 3.05) is 19.0 Å². The molecule has 2 N–H and O–H groups in total. The van der Waals surface area contributed by atoms with Gasteiger partial charge in [0.05, 0.1) is 18.9 Å². The molecule has 136 valence electrons. The van der Waals surface area contributed by atoms with Gasteiger partial charge in [-0.15, -0.1) is 0 Å². The van der Waals surface area contributed by atoms with Crippen LogP contribution in [0, 0.1) is 18.8 Å². The lowest BCUT2D eigenvalue weighted by Crippen LogP contribution is -2.29. The lowest BCUT2D eigenvalue weighted by atomic mass is 10.1. The van der Waals surface area contributed by atoms with E-state index in [2.05, 4.69) is 10.6 Å². The van der Waals surface area contributed by atoms with E-state index in [4.69, 9.17) is 4.74 Å². The molecule has 2 aromatic rings. The Hall–Kier alpha value is -2.82. The smallest absolute Gasteiger partial charge is 0.228 e. The second-order valence-electron chi connectivity index (χ2n) is 6.66. The summed E-state index contributed by atoms with van der Waals surface area (Å²) in [7, 11) is 1.64. The van der Waals surface area contributed by atoms with Crippen molar-refractivity contribution in [1.82, 2.24) is 5.32 Å². The zero-order valence-corrected chi connectivity index (χ0v) is 15.1. The number of amides is 2. The Morgan fingerprint density at radius 3 is 2.62 bits per heavy atom. The van der Waals surface area contributed by atoms with Gasteiger partial charge >= 0.3 is 0 Å². The lowest BCUT2D eigenvalue weighted by Gasteiger charge is -2.09.